The Morgan fingerprint density at radius 3 is 1.96 bits per heavy atom. The highest BCUT2D eigenvalue weighted by Crippen LogP contribution is 2.23. The summed E-state index contributed by atoms with van der Waals surface area (Å²) in [4.78, 5) is 12.3. The molecule has 3 nitrogen and oxygen atoms in total. The molecule has 24 heavy (non-hydrogen) atoms. The van der Waals surface area contributed by atoms with Gasteiger partial charge in [-0.2, -0.15) is 0 Å². The molecule has 0 aliphatic carbocycles. The van der Waals surface area contributed by atoms with Crippen LogP contribution in [0.2, 0.25) is 0 Å². The molecule has 0 aromatic heterocycles. The van der Waals surface area contributed by atoms with Crippen molar-refractivity contribution in [2.75, 3.05) is 0 Å². The van der Waals surface area contributed by atoms with Gasteiger partial charge in [0.15, 0.2) is 0 Å². The summed E-state index contributed by atoms with van der Waals surface area (Å²) < 4.78 is 5.50. The molecular formula is C21H27NO2. The zero-order valence-electron chi connectivity index (χ0n) is 15.0. The Balaban J connectivity index is 2.13. The van der Waals surface area contributed by atoms with Crippen LogP contribution < -0.4 is 5.32 Å². The Bertz CT molecular complexity index is 632. The van der Waals surface area contributed by atoms with E-state index in [2.05, 4.69) is 24.4 Å². The number of carbonyl (C=O) groups excluding carboxylic acids is 1. The molecule has 0 unspecified atom stereocenters. The molecule has 2 aromatic rings. The maximum absolute atomic E-state index is 12.3. The fourth-order valence-electron chi connectivity index (χ4n) is 2.65. The average molecular weight is 325 g/mol. The molecule has 0 fully saturated rings. The van der Waals surface area contributed by atoms with Gasteiger partial charge in [0.1, 0.15) is 5.60 Å². The van der Waals surface area contributed by atoms with Crippen LogP contribution in [-0.2, 0) is 9.53 Å². The Hall–Kier alpha value is -2.13. The van der Waals surface area contributed by atoms with Gasteiger partial charge in [-0.25, -0.2) is 0 Å². The Labute approximate surface area is 145 Å². The zero-order chi connectivity index (χ0) is 17.6. The van der Waals surface area contributed by atoms with Crippen molar-refractivity contribution in [1.29, 1.82) is 0 Å². The van der Waals surface area contributed by atoms with Crippen LogP contribution in [0.15, 0.2) is 60.7 Å². The lowest BCUT2D eigenvalue weighted by Crippen LogP contribution is -2.30. The first kappa shape index (κ1) is 18.2. The van der Waals surface area contributed by atoms with E-state index in [9.17, 15) is 4.79 Å². The molecular weight excluding hydrogens is 298 g/mol. The quantitative estimate of drug-likeness (QED) is 0.775. The molecule has 0 aliphatic rings. The fourth-order valence-corrected chi connectivity index (χ4v) is 2.65. The van der Waals surface area contributed by atoms with Gasteiger partial charge in [0.05, 0.1) is 6.42 Å². The molecule has 2 rings (SSSR count). The SMILES string of the molecule is C[C@H](N[C@H](CC(=O)OC(C)(C)C)c1ccccc1)c1ccccc1. The number of esters is 1. The van der Waals surface area contributed by atoms with Crippen molar-refractivity contribution in [2.45, 2.75) is 51.8 Å². The van der Waals surface area contributed by atoms with Crippen LogP contribution >= 0.6 is 0 Å². The molecule has 0 amide bonds. The summed E-state index contributed by atoms with van der Waals surface area (Å²) in [7, 11) is 0. The standard InChI is InChI=1S/C21H27NO2/c1-16(17-11-7-5-8-12-17)22-19(18-13-9-6-10-14-18)15-20(23)24-21(2,3)4/h5-14,16,19,22H,15H2,1-4H3/t16-,19+/m0/s1. The second-order valence-corrected chi connectivity index (χ2v) is 7.05. The van der Waals surface area contributed by atoms with E-state index >= 15 is 0 Å². The van der Waals surface area contributed by atoms with Crippen molar-refractivity contribution in [3.05, 3.63) is 71.8 Å². The maximum Gasteiger partial charge on any atom is 0.308 e. The third-order valence-corrected chi connectivity index (χ3v) is 3.74. The maximum atomic E-state index is 12.3. The summed E-state index contributed by atoms with van der Waals surface area (Å²) in [5, 5.41) is 3.57. The lowest BCUT2D eigenvalue weighted by atomic mass is 10.0. The second kappa shape index (κ2) is 8.11. The van der Waals surface area contributed by atoms with Gasteiger partial charge in [-0.05, 0) is 38.8 Å². The molecule has 0 saturated heterocycles. The summed E-state index contributed by atoms with van der Waals surface area (Å²) in [5.74, 6) is -0.191. The second-order valence-electron chi connectivity index (χ2n) is 7.05. The number of hydrogen-bond acceptors (Lipinski definition) is 3. The predicted octanol–water partition coefficient (Wildman–Crippen LogP) is 4.81. The number of carbonyl (C=O) groups is 1. The van der Waals surface area contributed by atoms with Crippen LogP contribution in [0, 0.1) is 0 Å². The minimum absolute atomic E-state index is 0.0868. The number of ether oxygens (including phenoxy) is 1. The number of benzene rings is 2. The van der Waals surface area contributed by atoms with Crippen LogP contribution in [0.25, 0.3) is 0 Å². The van der Waals surface area contributed by atoms with E-state index in [0.29, 0.717) is 6.42 Å². The van der Waals surface area contributed by atoms with Gasteiger partial charge in [0, 0.05) is 12.1 Å². The lowest BCUT2D eigenvalue weighted by molar-refractivity contribution is -0.155. The molecule has 128 valence electrons. The van der Waals surface area contributed by atoms with E-state index < -0.39 is 5.60 Å². The Morgan fingerprint density at radius 1 is 0.958 bits per heavy atom. The van der Waals surface area contributed by atoms with Gasteiger partial charge in [0.2, 0.25) is 0 Å². The van der Waals surface area contributed by atoms with E-state index in [1.165, 1.54) is 5.56 Å². The topological polar surface area (TPSA) is 38.3 Å². The van der Waals surface area contributed by atoms with Crippen LogP contribution in [0.1, 0.15) is 57.3 Å². The predicted molar refractivity (Wildman–Crippen MR) is 97.6 cm³/mol. The smallest absolute Gasteiger partial charge is 0.308 e. The first-order valence-electron chi connectivity index (χ1n) is 8.43. The van der Waals surface area contributed by atoms with Crippen LogP contribution in [0.3, 0.4) is 0 Å². The third kappa shape index (κ3) is 5.82. The van der Waals surface area contributed by atoms with E-state index in [1.807, 2.05) is 69.3 Å². The highest BCUT2D eigenvalue weighted by atomic mass is 16.6. The minimum Gasteiger partial charge on any atom is -0.460 e. The molecule has 0 radical (unpaired) electrons. The van der Waals surface area contributed by atoms with Crippen molar-refractivity contribution < 1.29 is 9.53 Å². The summed E-state index contributed by atoms with van der Waals surface area (Å²) in [6.07, 6.45) is 0.304. The zero-order valence-corrected chi connectivity index (χ0v) is 15.0. The number of rotatable bonds is 6. The Kier molecular flexibility index (Phi) is 6.16. The lowest BCUT2D eigenvalue weighted by Gasteiger charge is -2.26. The molecule has 3 heteroatoms. The van der Waals surface area contributed by atoms with Crippen molar-refractivity contribution in [2.24, 2.45) is 0 Å². The summed E-state index contributed by atoms with van der Waals surface area (Å²) in [5.41, 5.74) is 1.82. The molecule has 2 atom stereocenters. The minimum atomic E-state index is -0.469. The first-order valence-corrected chi connectivity index (χ1v) is 8.43. The van der Waals surface area contributed by atoms with E-state index in [-0.39, 0.29) is 18.1 Å². The highest BCUT2D eigenvalue weighted by molar-refractivity contribution is 5.71. The average Bonchev–Trinajstić information content (AvgIpc) is 2.54. The van der Waals surface area contributed by atoms with Crippen molar-refractivity contribution >= 4 is 5.97 Å². The number of hydrogen-bond donors (Lipinski definition) is 1. The molecule has 0 saturated carbocycles. The fraction of sp³-hybridized carbons (Fsp3) is 0.381. The van der Waals surface area contributed by atoms with E-state index in [1.54, 1.807) is 0 Å². The van der Waals surface area contributed by atoms with Crippen LogP contribution in [-0.4, -0.2) is 11.6 Å². The summed E-state index contributed by atoms with van der Waals surface area (Å²) in [6.45, 7) is 7.79. The van der Waals surface area contributed by atoms with Crippen molar-refractivity contribution in [3.63, 3.8) is 0 Å². The molecule has 0 heterocycles. The van der Waals surface area contributed by atoms with Gasteiger partial charge in [-0.1, -0.05) is 60.7 Å². The Morgan fingerprint density at radius 2 is 1.46 bits per heavy atom. The summed E-state index contributed by atoms with van der Waals surface area (Å²) in [6, 6.07) is 20.3. The van der Waals surface area contributed by atoms with Crippen molar-refractivity contribution in [1.82, 2.24) is 5.32 Å². The van der Waals surface area contributed by atoms with Crippen LogP contribution in [0.4, 0.5) is 0 Å². The van der Waals surface area contributed by atoms with E-state index in [0.717, 1.165) is 5.56 Å². The highest BCUT2D eigenvalue weighted by Gasteiger charge is 2.23. The van der Waals surface area contributed by atoms with Crippen molar-refractivity contribution in [3.8, 4) is 0 Å². The molecule has 0 spiro atoms. The van der Waals surface area contributed by atoms with Gasteiger partial charge < -0.3 is 10.1 Å². The normalized spacial score (nSPS) is 14.0. The van der Waals surface area contributed by atoms with Gasteiger partial charge >= 0.3 is 5.97 Å². The third-order valence-electron chi connectivity index (χ3n) is 3.74. The monoisotopic (exact) mass is 325 g/mol. The van der Waals surface area contributed by atoms with Gasteiger partial charge in [-0.3, -0.25) is 4.79 Å². The first-order chi connectivity index (χ1) is 11.3. The van der Waals surface area contributed by atoms with Gasteiger partial charge in [0.25, 0.3) is 0 Å². The molecule has 0 bridgehead atoms. The summed E-state index contributed by atoms with van der Waals surface area (Å²) >= 11 is 0. The van der Waals surface area contributed by atoms with Gasteiger partial charge in [-0.15, -0.1) is 0 Å². The number of nitrogens with one attached hydrogen (secondary N) is 1. The molecule has 1 N–H and O–H groups in total. The molecule has 2 aromatic carbocycles. The molecule has 0 aliphatic heterocycles. The largest absolute Gasteiger partial charge is 0.460 e. The van der Waals surface area contributed by atoms with Crippen LogP contribution in [0.5, 0.6) is 0 Å². The van der Waals surface area contributed by atoms with E-state index in [4.69, 9.17) is 4.74 Å².